The van der Waals surface area contributed by atoms with Crippen LogP contribution >= 0.6 is 23.2 Å². The molecule has 0 saturated heterocycles. The van der Waals surface area contributed by atoms with Crippen LogP contribution in [0.4, 0.5) is 4.39 Å². The number of carbonyl (C=O) groups excluding carboxylic acids is 1. The van der Waals surface area contributed by atoms with Gasteiger partial charge in [0, 0.05) is 33.8 Å². The van der Waals surface area contributed by atoms with Gasteiger partial charge in [-0.1, -0.05) is 83.9 Å². The molecule has 0 fully saturated rings. The van der Waals surface area contributed by atoms with Crippen LogP contribution in [0.1, 0.15) is 15.9 Å². The van der Waals surface area contributed by atoms with Gasteiger partial charge in [-0.3, -0.25) is 9.36 Å². The maximum absolute atomic E-state index is 15.8. The van der Waals surface area contributed by atoms with Gasteiger partial charge in [-0.05, 0) is 50.0 Å². The molecule has 1 amide bonds. The van der Waals surface area contributed by atoms with E-state index in [0.29, 0.717) is 39.9 Å². The van der Waals surface area contributed by atoms with Gasteiger partial charge < -0.3 is 10.6 Å². The number of benzene rings is 4. The Morgan fingerprint density at radius 2 is 1.64 bits per heavy atom. The highest BCUT2D eigenvalue weighted by atomic mass is 35.5. The Balaban J connectivity index is 2.00. The van der Waals surface area contributed by atoms with Crippen LogP contribution in [0.2, 0.25) is 10.0 Å². The Hall–Kier alpha value is -3.97. The summed E-state index contributed by atoms with van der Waals surface area (Å²) in [6.45, 7) is 0.577. The summed E-state index contributed by atoms with van der Waals surface area (Å²) in [5.41, 5.74) is 10.3. The molecule has 0 aliphatic heterocycles. The van der Waals surface area contributed by atoms with Gasteiger partial charge in [0.15, 0.2) is 5.82 Å². The molecule has 4 aromatic carbocycles. The molecule has 1 heterocycles. The summed E-state index contributed by atoms with van der Waals surface area (Å²) in [5.74, 6) is -0.723. The van der Waals surface area contributed by atoms with Gasteiger partial charge in [-0.15, -0.1) is 0 Å². The van der Waals surface area contributed by atoms with Crippen LogP contribution in [-0.4, -0.2) is 34.5 Å². The van der Waals surface area contributed by atoms with Crippen molar-refractivity contribution in [2.75, 3.05) is 14.1 Å². The molecular weight excluding hydrogens is 534 g/mol. The van der Waals surface area contributed by atoms with E-state index in [1.807, 2.05) is 73.6 Å². The van der Waals surface area contributed by atoms with Gasteiger partial charge in [0.25, 0.3) is 0 Å². The van der Waals surface area contributed by atoms with Crippen molar-refractivity contribution in [2.24, 2.45) is 5.73 Å². The summed E-state index contributed by atoms with van der Waals surface area (Å²) in [7, 11) is 3.93. The predicted octanol–water partition coefficient (Wildman–Crippen LogP) is 7.48. The summed E-state index contributed by atoms with van der Waals surface area (Å²) in [5, 5.41) is 0.479. The number of nitrogens with two attached hydrogens (primary N) is 1. The highest BCUT2D eigenvalue weighted by molar-refractivity contribution is 6.31. The third-order valence-electron chi connectivity index (χ3n) is 6.34. The molecule has 1 aromatic heterocycles. The van der Waals surface area contributed by atoms with E-state index >= 15 is 4.39 Å². The van der Waals surface area contributed by atoms with E-state index in [-0.39, 0.29) is 10.7 Å². The third-order valence-corrected chi connectivity index (χ3v) is 6.87. The topological polar surface area (TPSA) is 64.2 Å². The van der Waals surface area contributed by atoms with Crippen LogP contribution in [-0.2, 0) is 6.54 Å². The molecule has 0 aliphatic rings. The second kappa shape index (κ2) is 11.0. The largest absolute Gasteiger partial charge is 0.366 e. The van der Waals surface area contributed by atoms with Crippen LogP contribution in [0.5, 0.6) is 0 Å². The van der Waals surface area contributed by atoms with E-state index < -0.39 is 11.7 Å². The zero-order chi connectivity index (χ0) is 27.7. The lowest BCUT2D eigenvalue weighted by molar-refractivity contribution is 0.100. The first kappa shape index (κ1) is 26.6. The lowest BCUT2D eigenvalue weighted by atomic mass is 9.96. The standard InChI is InChI=1S/C31H25Cl2FN4O/c1-37(2)18-20-15-16-21(32)17-24(20)29-28(22-11-6-7-12-23(22)30(35)39)36-31(19-9-4-3-5-10-19)38(29)26-14-8-13-25(33)27(26)34/h3-17H,18H2,1-2H3,(H2,35,39). The van der Waals surface area contributed by atoms with Crippen LogP contribution in [0.25, 0.3) is 39.6 Å². The summed E-state index contributed by atoms with van der Waals surface area (Å²) in [6, 6.07) is 26.9. The second-order valence-electron chi connectivity index (χ2n) is 9.36. The first-order valence-corrected chi connectivity index (χ1v) is 13.0. The average molecular weight is 559 g/mol. The molecule has 5 nitrogen and oxygen atoms in total. The number of hydrogen-bond acceptors (Lipinski definition) is 3. The average Bonchev–Trinajstić information content (AvgIpc) is 3.31. The molecule has 39 heavy (non-hydrogen) atoms. The molecule has 5 aromatic rings. The molecule has 0 radical (unpaired) electrons. The number of amides is 1. The zero-order valence-corrected chi connectivity index (χ0v) is 22.8. The highest BCUT2D eigenvalue weighted by Gasteiger charge is 2.28. The minimum Gasteiger partial charge on any atom is -0.366 e. The number of aromatic nitrogens is 2. The number of primary amides is 1. The summed E-state index contributed by atoms with van der Waals surface area (Å²) in [4.78, 5) is 19.6. The molecule has 0 spiro atoms. The minimum absolute atomic E-state index is 0.0233. The van der Waals surface area contributed by atoms with Gasteiger partial charge in [-0.2, -0.15) is 0 Å². The van der Waals surface area contributed by atoms with Crippen molar-refractivity contribution in [2.45, 2.75) is 6.54 Å². The predicted molar refractivity (Wildman–Crippen MR) is 156 cm³/mol. The van der Waals surface area contributed by atoms with Crippen molar-refractivity contribution < 1.29 is 9.18 Å². The molecule has 5 rings (SSSR count). The van der Waals surface area contributed by atoms with Crippen LogP contribution in [0, 0.1) is 5.82 Å². The molecule has 0 bridgehead atoms. The van der Waals surface area contributed by atoms with E-state index in [9.17, 15) is 4.79 Å². The first-order chi connectivity index (χ1) is 18.8. The summed E-state index contributed by atoms with van der Waals surface area (Å²) < 4.78 is 17.5. The van der Waals surface area contributed by atoms with Gasteiger partial charge in [-0.25, -0.2) is 9.37 Å². The highest BCUT2D eigenvalue weighted by Crippen LogP contribution is 2.42. The number of halogens is 3. The van der Waals surface area contributed by atoms with E-state index in [1.54, 1.807) is 34.9 Å². The lowest BCUT2D eigenvalue weighted by Crippen LogP contribution is -2.13. The number of rotatable bonds is 7. The Bertz CT molecular complexity index is 1680. The Morgan fingerprint density at radius 1 is 0.923 bits per heavy atom. The lowest BCUT2D eigenvalue weighted by Gasteiger charge is -2.19. The second-order valence-corrected chi connectivity index (χ2v) is 10.2. The van der Waals surface area contributed by atoms with Gasteiger partial charge in [0.2, 0.25) is 5.91 Å². The fourth-order valence-electron chi connectivity index (χ4n) is 4.69. The molecule has 0 unspecified atom stereocenters. The third kappa shape index (κ3) is 5.19. The fourth-order valence-corrected chi connectivity index (χ4v) is 5.03. The minimum atomic E-state index is -0.596. The maximum Gasteiger partial charge on any atom is 0.249 e. The summed E-state index contributed by atoms with van der Waals surface area (Å²) in [6.07, 6.45) is 0. The normalized spacial score (nSPS) is 11.2. The first-order valence-electron chi connectivity index (χ1n) is 12.2. The van der Waals surface area contributed by atoms with E-state index in [2.05, 4.69) is 0 Å². The van der Waals surface area contributed by atoms with Crippen molar-refractivity contribution in [1.82, 2.24) is 14.5 Å². The van der Waals surface area contributed by atoms with Crippen molar-refractivity contribution in [3.05, 3.63) is 118 Å². The molecule has 0 aliphatic carbocycles. The van der Waals surface area contributed by atoms with Crippen molar-refractivity contribution in [1.29, 1.82) is 0 Å². The van der Waals surface area contributed by atoms with Crippen molar-refractivity contribution >= 4 is 29.1 Å². The zero-order valence-electron chi connectivity index (χ0n) is 21.3. The van der Waals surface area contributed by atoms with Gasteiger partial charge >= 0.3 is 0 Å². The fraction of sp³-hybridized carbons (Fsp3) is 0.0968. The SMILES string of the molecule is CN(C)Cc1ccc(Cl)cc1-c1c(-c2ccccc2C(N)=O)nc(-c2ccccc2)n1-c1cccc(Cl)c1F. The van der Waals surface area contributed by atoms with Crippen LogP contribution in [0.3, 0.4) is 0 Å². The molecule has 0 saturated carbocycles. The number of carbonyl (C=O) groups is 1. The number of hydrogen-bond donors (Lipinski definition) is 1. The molecular formula is C31H25Cl2FN4O. The van der Waals surface area contributed by atoms with E-state index in [0.717, 1.165) is 16.7 Å². The van der Waals surface area contributed by atoms with Gasteiger partial charge in [0.1, 0.15) is 5.82 Å². The Kier molecular flexibility index (Phi) is 7.53. The number of imidazole rings is 1. The smallest absolute Gasteiger partial charge is 0.249 e. The molecule has 2 N–H and O–H groups in total. The Morgan fingerprint density at radius 3 is 2.36 bits per heavy atom. The Labute approximate surface area is 236 Å². The molecule has 8 heteroatoms. The van der Waals surface area contributed by atoms with Crippen LogP contribution in [0.15, 0.2) is 91.0 Å². The van der Waals surface area contributed by atoms with Gasteiger partial charge in [0.05, 0.1) is 22.1 Å². The number of nitrogens with zero attached hydrogens (tertiary/aromatic N) is 3. The summed E-state index contributed by atoms with van der Waals surface area (Å²) >= 11 is 12.8. The molecule has 0 atom stereocenters. The van der Waals surface area contributed by atoms with Crippen molar-refractivity contribution in [3.63, 3.8) is 0 Å². The quantitative estimate of drug-likeness (QED) is 0.225. The van der Waals surface area contributed by atoms with Crippen molar-refractivity contribution in [3.8, 4) is 39.6 Å². The van der Waals surface area contributed by atoms with E-state index in [4.69, 9.17) is 33.9 Å². The van der Waals surface area contributed by atoms with E-state index in [1.165, 1.54) is 6.07 Å². The monoisotopic (exact) mass is 558 g/mol. The van der Waals surface area contributed by atoms with Crippen LogP contribution < -0.4 is 5.73 Å². The molecule has 196 valence electrons. The maximum atomic E-state index is 15.8.